The Hall–Kier alpha value is -0.340. The van der Waals surface area contributed by atoms with Gasteiger partial charge in [0.1, 0.15) is 0 Å². The molecule has 0 saturated heterocycles. The molecule has 3 atom stereocenters. The van der Waals surface area contributed by atoms with Crippen LogP contribution in [0.2, 0.25) is 0 Å². The van der Waals surface area contributed by atoms with Gasteiger partial charge in [-0.1, -0.05) is 13.3 Å². The summed E-state index contributed by atoms with van der Waals surface area (Å²) in [7, 11) is 2.15. The zero-order valence-electron chi connectivity index (χ0n) is 10.9. The van der Waals surface area contributed by atoms with Crippen LogP contribution in [0.15, 0.2) is 12.1 Å². The Bertz CT molecular complexity index is 374. The van der Waals surface area contributed by atoms with E-state index in [2.05, 4.69) is 31.4 Å². The molecule has 2 aliphatic carbocycles. The van der Waals surface area contributed by atoms with E-state index in [1.54, 1.807) is 4.88 Å². The van der Waals surface area contributed by atoms with Crippen molar-refractivity contribution in [2.45, 2.75) is 45.1 Å². The van der Waals surface area contributed by atoms with Crippen LogP contribution in [0.25, 0.3) is 0 Å². The summed E-state index contributed by atoms with van der Waals surface area (Å²) in [6, 6.07) is 5.38. The highest BCUT2D eigenvalue weighted by molar-refractivity contribution is 7.11. The summed E-state index contributed by atoms with van der Waals surface area (Å²) in [5.74, 6) is 3.12. The lowest BCUT2D eigenvalue weighted by Crippen LogP contribution is -2.31. The Morgan fingerprint density at radius 1 is 1.29 bits per heavy atom. The number of thiophene rings is 1. The summed E-state index contributed by atoms with van der Waals surface area (Å²) in [4.78, 5) is 3.11. The molecule has 0 aliphatic heterocycles. The molecule has 1 aromatic rings. The standard InChI is InChI=1S/C15H23NS/c1-3-10-7-8-11(17-10)9-14(16-2)15-12-5-4-6-13(12)15/h7-8,12-16H,3-6,9H2,1-2H3. The van der Waals surface area contributed by atoms with E-state index in [1.807, 2.05) is 11.3 Å². The second-order valence-corrected chi connectivity index (χ2v) is 6.91. The number of rotatable bonds is 5. The molecule has 0 radical (unpaired) electrons. The Morgan fingerprint density at radius 2 is 2.00 bits per heavy atom. The molecule has 3 rings (SSSR count). The van der Waals surface area contributed by atoms with Gasteiger partial charge in [-0.2, -0.15) is 0 Å². The van der Waals surface area contributed by atoms with Gasteiger partial charge in [0.25, 0.3) is 0 Å². The van der Waals surface area contributed by atoms with E-state index in [-0.39, 0.29) is 0 Å². The molecule has 2 heteroatoms. The number of hydrogen-bond acceptors (Lipinski definition) is 2. The highest BCUT2D eigenvalue weighted by Crippen LogP contribution is 2.59. The summed E-state index contributed by atoms with van der Waals surface area (Å²) < 4.78 is 0. The SMILES string of the molecule is CCc1ccc(CC(NC)C2C3CCCC32)s1. The van der Waals surface area contributed by atoms with Crippen molar-refractivity contribution in [1.82, 2.24) is 5.32 Å². The van der Waals surface area contributed by atoms with Crippen LogP contribution in [0.1, 0.15) is 35.9 Å². The van der Waals surface area contributed by atoms with E-state index in [9.17, 15) is 0 Å². The summed E-state index contributed by atoms with van der Waals surface area (Å²) in [6.07, 6.45) is 6.92. The maximum Gasteiger partial charge on any atom is 0.0146 e. The molecule has 1 N–H and O–H groups in total. The average Bonchev–Trinajstić information content (AvgIpc) is 2.78. The molecule has 0 amide bonds. The molecule has 94 valence electrons. The van der Waals surface area contributed by atoms with Crippen molar-refractivity contribution < 1.29 is 0 Å². The van der Waals surface area contributed by atoms with E-state index in [4.69, 9.17) is 0 Å². The minimum absolute atomic E-state index is 0.730. The van der Waals surface area contributed by atoms with Crippen LogP contribution in [0, 0.1) is 17.8 Å². The number of hydrogen-bond donors (Lipinski definition) is 1. The molecule has 3 unspecified atom stereocenters. The summed E-state index contributed by atoms with van der Waals surface area (Å²) in [5, 5.41) is 3.58. The first-order valence-corrected chi connectivity index (χ1v) is 7.90. The Labute approximate surface area is 109 Å². The quantitative estimate of drug-likeness (QED) is 0.842. The fraction of sp³-hybridized carbons (Fsp3) is 0.733. The summed E-state index contributed by atoms with van der Waals surface area (Å²) in [6.45, 7) is 2.25. The first-order valence-electron chi connectivity index (χ1n) is 7.08. The lowest BCUT2D eigenvalue weighted by Gasteiger charge is -2.17. The molecule has 17 heavy (non-hydrogen) atoms. The van der Waals surface area contributed by atoms with E-state index in [0.717, 1.165) is 23.8 Å². The topological polar surface area (TPSA) is 12.0 Å². The van der Waals surface area contributed by atoms with Crippen LogP contribution in [0.5, 0.6) is 0 Å². The molecule has 1 nitrogen and oxygen atoms in total. The van der Waals surface area contributed by atoms with Crippen LogP contribution in [0.4, 0.5) is 0 Å². The molecule has 2 aliphatic rings. The molecular formula is C15H23NS. The second-order valence-electron chi connectivity index (χ2n) is 5.66. The first kappa shape index (κ1) is 11.7. The second kappa shape index (κ2) is 4.74. The molecule has 0 bridgehead atoms. The van der Waals surface area contributed by atoms with Crippen molar-refractivity contribution >= 4 is 11.3 Å². The zero-order valence-corrected chi connectivity index (χ0v) is 11.7. The van der Waals surface area contributed by atoms with Gasteiger partial charge in [-0.25, -0.2) is 0 Å². The van der Waals surface area contributed by atoms with Crippen molar-refractivity contribution in [3.63, 3.8) is 0 Å². The smallest absolute Gasteiger partial charge is 0.0146 e. The van der Waals surface area contributed by atoms with Gasteiger partial charge in [0.05, 0.1) is 0 Å². The van der Waals surface area contributed by atoms with Crippen molar-refractivity contribution in [1.29, 1.82) is 0 Å². The van der Waals surface area contributed by atoms with Crippen molar-refractivity contribution in [2.24, 2.45) is 17.8 Å². The van der Waals surface area contributed by atoms with E-state index in [0.29, 0.717) is 0 Å². The molecule has 2 fully saturated rings. The van der Waals surface area contributed by atoms with Gasteiger partial charge < -0.3 is 5.32 Å². The maximum atomic E-state index is 3.58. The van der Waals surface area contributed by atoms with Crippen LogP contribution in [-0.2, 0) is 12.8 Å². The molecular weight excluding hydrogens is 226 g/mol. The summed E-state index contributed by atoms with van der Waals surface area (Å²) in [5.41, 5.74) is 0. The van der Waals surface area contributed by atoms with Crippen molar-refractivity contribution in [3.05, 3.63) is 21.9 Å². The lowest BCUT2D eigenvalue weighted by molar-refractivity contribution is 0.430. The zero-order chi connectivity index (χ0) is 11.8. The lowest BCUT2D eigenvalue weighted by atomic mass is 10.0. The molecule has 1 aromatic heterocycles. The van der Waals surface area contributed by atoms with Gasteiger partial charge in [0.15, 0.2) is 0 Å². The predicted octanol–water partition coefficient (Wildman–Crippen LogP) is 3.49. The Morgan fingerprint density at radius 3 is 2.59 bits per heavy atom. The Kier molecular flexibility index (Phi) is 3.27. The van der Waals surface area contributed by atoms with E-state index < -0.39 is 0 Å². The molecule has 0 spiro atoms. The third kappa shape index (κ3) is 2.17. The molecule has 0 aromatic carbocycles. The van der Waals surface area contributed by atoms with Gasteiger partial charge in [0, 0.05) is 15.8 Å². The van der Waals surface area contributed by atoms with Crippen LogP contribution in [-0.4, -0.2) is 13.1 Å². The highest BCUT2D eigenvalue weighted by atomic mass is 32.1. The minimum Gasteiger partial charge on any atom is -0.316 e. The monoisotopic (exact) mass is 249 g/mol. The average molecular weight is 249 g/mol. The normalized spacial score (nSPS) is 32.5. The first-order chi connectivity index (χ1) is 8.33. The number of nitrogens with one attached hydrogen (secondary N) is 1. The minimum atomic E-state index is 0.730. The maximum absolute atomic E-state index is 3.58. The third-order valence-electron chi connectivity index (χ3n) is 4.80. The largest absolute Gasteiger partial charge is 0.316 e. The van der Waals surface area contributed by atoms with Crippen molar-refractivity contribution in [3.8, 4) is 0 Å². The van der Waals surface area contributed by atoms with Crippen LogP contribution >= 0.6 is 11.3 Å². The predicted molar refractivity (Wildman–Crippen MR) is 74.6 cm³/mol. The fourth-order valence-corrected chi connectivity index (χ4v) is 4.86. The van der Waals surface area contributed by atoms with Gasteiger partial charge in [-0.15, -0.1) is 11.3 Å². The van der Waals surface area contributed by atoms with Gasteiger partial charge in [0.2, 0.25) is 0 Å². The fourth-order valence-electron chi connectivity index (χ4n) is 3.84. The van der Waals surface area contributed by atoms with Crippen molar-refractivity contribution in [2.75, 3.05) is 7.05 Å². The molecule has 2 saturated carbocycles. The summed E-state index contributed by atoms with van der Waals surface area (Å²) >= 11 is 2.01. The van der Waals surface area contributed by atoms with Crippen LogP contribution < -0.4 is 5.32 Å². The number of aryl methyl sites for hydroxylation is 1. The Balaban J connectivity index is 1.62. The number of fused-ring (bicyclic) bond motifs is 1. The van der Waals surface area contributed by atoms with Crippen LogP contribution in [0.3, 0.4) is 0 Å². The third-order valence-corrected chi connectivity index (χ3v) is 6.05. The van der Waals surface area contributed by atoms with Gasteiger partial charge in [-0.05, 0) is 62.6 Å². The molecule has 1 heterocycles. The van der Waals surface area contributed by atoms with Gasteiger partial charge >= 0.3 is 0 Å². The van der Waals surface area contributed by atoms with E-state index in [1.165, 1.54) is 37.0 Å². The highest BCUT2D eigenvalue weighted by Gasteiger charge is 2.55. The van der Waals surface area contributed by atoms with E-state index >= 15 is 0 Å². The van der Waals surface area contributed by atoms with Gasteiger partial charge in [-0.3, -0.25) is 0 Å². The number of likely N-dealkylation sites (N-methyl/N-ethyl adjacent to an activating group) is 1.